The van der Waals surface area contributed by atoms with E-state index in [-0.39, 0.29) is 13.0 Å². The lowest BCUT2D eigenvalue weighted by Crippen LogP contribution is -2.48. The molecule has 0 radical (unpaired) electrons. The molecular formula is C24H23FN4O3S. The van der Waals surface area contributed by atoms with Crippen LogP contribution in [-0.4, -0.2) is 36.9 Å². The van der Waals surface area contributed by atoms with E-state index in [1.807, 2.05) is 30.3 Å². The summed E-state index contributed by atoms with van der Waals surface area (Å²) in [4.78, 5) is 20.1. The molecule has 4 rings (SSSR count). The molecule has 9 heteroatoms. The van der Waals surface area contributed by atoms with Gasteiger partial charge in [-0.2, -0.15) is 4.72 Å². The van der Waals surface area contributed by atoms with Gasteiger partial charge in [0, 0.05) is 13.0 Å². The van der Waals surface area contributed by atoms with E-state index in [0.29, 0.717) is 12.2 Å². The number of imidazole rings is 1. The quantitative estimate of drug-likeness (QED) is 0.353. The molecule has 1 heterocycles. The van der Waals surface area contributed by atoms with Gasteiger partial charge >= 0.3 is 0 Å². The summed E-state index contributed by atoms with van der Waals surface area (Å²) in [6, 6.07) is 20.6. The molecule has 0 aliphatic rings. The Kier molecular flexibility index (Phi) is 6.81. The topological polar surface area (TPSA) is 104 Å². The van der Waals surface area contributed by atoms with Gasteiger partial charge in [-0.25, -0.2) is 17.8 Å². The molecular weight excluding hydrogens is 443 g/mol. The van der Waals surface area contributed by atoms with Gasteiger partial charge in [-0.15, -0.1) is 0 Å². The van der Waals surface area contributed by atoms with E-state index in [9.17, 15) is 17.6 Å². The average Bonchev–Trinajstić information content (AvgIpc) is 3.22. The molecule has 0 bridgehead atoms. The minimum Gasteiger partial charge on any atom is -0.354 e. The van der Waals surface area contributed by atoms with Gasteiger partial charge in [0.2, 0.25) is 15.9 Å². The first kappa shape index (κ1) is 22.6. The third kappa shape index (κ3) is 5.63. The Morgan fingerprint density at radius 3 is 2.42 bits per heavy atom. The van der Waals surface area contributed by atoms with E-state index in [2.05, 4.69) is 20.0 Å². The molecule has 0 saturated carbocycles. The van der Waals surface area contributed by atoms with Gasteiger partial charge < -0.3 is 10.3 Å². The maximum Gasteiger partial charge on any atom is 0.244 e. The third-order valence-corrected chi connectivity index (χ3v) is 6.63. The number of aromatic nitrogens is 2. The number of halogens is 1. The molecule has 1 amide bonds. The maximum atomic E-state index is 14.1. The first-order valence-corrected chi connectivity index (χ1v) is 11.9. The van der Waals surface area contributed by atoms with E-state index < -0.39 is 32.7 Å². The van der Waals surface area contributed by atoms with Gasteiger partial charge in [-0.05, 0) is 36.2 Å². The highest BCUT2D eigenvalue weighted by Gasteiger charge is 2.27. The van der Waals surface area contributed by atoms with Crippen molar-refractivity contribution in [2.45, 2.75) is 23.8 Å². The first-order chi connectivity index (χ1) is 15.9. The molecule has 0 aliphatic heterocycles. The van der Waals surface area contributed by atoms with E-state index in [1.54, 1.807) is 24.3 Å². The fourth-order valence-electron chi connectivity index (χ4n) is 3.50. The van der Waals surface area contributed by atoms with Crippen LogP contribution in [0, 0.1) is 5.82 Å². The summed E-state index contributed by atoms with van der Waals surface area (Å²) in [5, 5.41) is 2.76. The van der Waals surface area contributed by atoms with Crippen LogP contribution in [0.2, 0.25) is 0 Å². The normalized spacial score (nSPS) is 12.5. The van der Waals surface area contributed by atoms with Crippen LogP contribution in [-0.2, 0) is 27.7 Å². The van der Waals surface area contributed by atoms with E-state index in [0.717, 1.165) is 28.7 Å². The van der Waals surface area contributed by atoms with Crippen molar-refractivity contribution in [3.8, 4) is 0 Å². The number of hydrogen-bond acceptors (Lipinski definition) is 4. The largest absolute Gasteiger partial charge is 0.354 e. The van der Waals surface area contributed by atoms with E-state index >= 15 is 0 Å². The number of carbonyl (C=O) groups excluding carboxylic acids is 1. The molecule has 0 spiro atoms. The van der Waals surface area contributed by atoms with Crippen molar-refractivity contribution in [3.63, 3.8) is 0 Å². The second kappa shape index (κ2) is 9.93. The highest BCUT2D eigenvalue weighted by atomic mass is 32.2. The summed E-state index contributed by atoms with van der Waals surface area (Å²) in [5.41, 5.74) is 2.50. The van der Waals surface area contributed by atoms with Gasteiger partial charge in [-0.1, -0.05) is 54.6 Å². The Hall–Kier alpha value is -3.56. The fraction of sp³-hybridized carbons (Fsp3) is 0.167. The lowest BCUT2D eigenvalue weighted by atomic mass is 10.1. The van der Waals surface area contributed by atoms with Crippen molar-refractivity contribution in [1.29, 1.82) is 0 Å². The average molecular weight is 467 g/mol. The highest BCUT2D eigenvalue weighted by Crippen LogP contribution is 2.15. The number of sulfonamides is 1. The van der Waals surface area contributed by atoms with Crippen LogP contribution in [0.5, 0.6) is 0 Å². The molecule has 1 atom stereocenters. The molecule has 3 N–H and O–H groups in total. The number of fused-ring (bicyclic) bond motifs is 1. The van der Waals surface area contributed by atoms with Crippen molar-refractivity contribution in [2.75, 3.05) is 6.54 Å². The summed E-state index contributed by atoms with van der Waals surface area (Å²) in [5.74, 6) is -0.674. The van der Waals surface area contributed by atoms with Gasteiger partial charge in [0.05, 0.1) is 11.0 Å². The van der Waals surface area contributed by atoms with Crippen LogP contribution >= 0.6 is 0 Å². The molecule has 170 valence electrons. The fourth-order valence-corrected chi connectivity index (χ4v) is 4.78. The first-order valence-electron chi connectivity index (χ1n) is 10.4. The highest BCUT2D eigenvalue weighted by molar-refractivity contribution is 7.89. The van der Waals surface area contributed by atoms with Crippen molar-refractivity contribution in [3.05, 3.63) is 96.1 Å². The number of H-pyrrole nitrogens is 1. The van der Waals surface area contributed by atoms with Crippen LogP contribution in [0.15, 0.2) is 83.8 Å². The molecule has 3 aromatic carbocycles. The Labute approximate surface area is 191 Å². The molecule has 0 unspecified atom stereocenters. The Morgan fingerprint density at radius 1 is 0.970 bits per heavy atom. The molecule has 33 heavy (non-hydrogen) atoms. The number of amides is 1. The smallest absolute Gasteiger partial charge is 0.244 e. The number of aromatic amines is 1. The Morgan fingerprint density at radius 2 is 1.67 bits per heavy atom. The number of carbonyl (C=O) groups is 1. The molecule has 0 aliphatic carbocycles. The third-order valence-electron chi connectivity index (χ3n) is 5.12. The predicted octanol–water partition coefficient (Wildman–Crippen LogP) is 2.95. The van der Waals surface area contributed by atoms with Crippen LogP contribution in [0.3, 0.4) is 0 Å². The summed E-state index contributed by atoms with van der Waals surface area (Å²) < 4.78 is 42.1. The monoisotopic (exact) mass is 466 g/mol. The predicted molar refractivity (Wildman–Crippen MR) is 123 cm³/mol. The zero-order valence-corrected chi connectivity index (χ0v) is 18.5. The molecule has 7 nitrogen and oxygen atoms in total. The summed E-state index contributed by atoms with van der Waals surface area (Å²) in [7, 11) is -4.25. The minimum atomic E-state index is -4.25. The second-order valence-corrected chi connectivity index (χ2v) is 9.22. The van der Waals surface area contributed by atoms with Gasteiger partial charge in [-0.3, -0.25) is 4.79 Å². The number of benzene rings is 3. The Bertz CT molecular complexity index is 1320. The van der Waals surface area contributed by atoms with Crippen LogP contribution in [0.1, 0.15) is 11.4 Å². The molecule has 1 aromatic heterocycles. The maximum absolute atomic E-state index is 14.1. The second-order valence-electron chi connectivity index (χ2n) is 7.54. The lowest BCUT2D eigenvalue weighted by Gasteiger charge is -2.19. The SMILES string of the molecule is O=C(NCCc1nc2ccccc2[nH]1)[C@H](Cc1ccccc1)NS(=O)(=O)c1ccccc1F. The summed E-state index contributed by atoms with van der Waals surface area (Å²) in [6.45, 7) is 0.255. The number of para-hydroxylation sites is 2. The van der Waals surface area contributed by atoms with Crippen LogP contribution in [0.25, 0.3) is 11.0 Å². The van der Waals surface area contributed by atoms with Gasteiger partial charge in [0.15, 0.2) is 0 Å². The number of nitrogens with zero attached hydrogens (tertiary/aromatic N) is 1. The van der Waals surface area contributed by atoms with E-state index in [1.165, 1.54) is 12.1 Å². The number of hydrogen-bond donors (Lipinski definition) is 3. The minimum absolute atomic E-state index is 0.116. The number of nitrogens with one attached hydrogen (secondary N) is 3. The summed E-state index contributed by atoms with van der Waals surface area (Å²) in [6.07, 6.45) is 0.559. The van der Waals surface area contributed by atoms with Crippen molar-refractivity contribution in [1.82, 2.24) is 20.0 Å². The molecule has 0 saturated heterocycles. The Balaban J connectivity index is 1.47. The van der Waals surface area contributed by atoms with Crippen molar-refractivity contribution >= 4 is 27.0 Å². The van der Waals surface area contributed by atoms with Crippen molar-refractivity contribution < 1.29 is 17.6 Å². The van der Waals surface area contributed by atoms with Gasteiger partial charge in [0.1, 0.15) is 22.6 Å². The zero-order valence-electron chi connectivity index (χ0n) is 17.7. The van der Waals surface area contributed by atoms with Crippen molar-refractivity contribution in [2.24, 2.45) is 0 Å². The van der Waals surface area contributed by atoms with Gasteiger partial charge in [0.25, 0.3) is 0 Å². The number of rotatable bonds is 9. The molecule has 0 fully saturated rings. The molecule has 4 aromatic rings. The standard InChI is InChI=1S/C24H23FN4O3S/c25-18-10-4-7-13-22(18)33(31,32)29-21(16-17-8-2-1-3-9-17)24(30)26-15-14-23-27-19-11-5-6-12-20(19)28-23/h1-13,21,29H,14-16H2,(H,26,30)(H,27,28)/t21-/m0/s1. The zero-order chi connectivity index (χ0) is 23.3. The summed E-state index contributed by atoms with van der Waals surface area (Å²) >= 11 is 0. The van der Waals surface area contributed by atoms with Crippen LogP contribution in [0.4, 0.5) is 4.39 Å². The van der Waals surface area contributed by atoms with E-state index in [4.69, 9.17) is 0 Å². The van der Waals surface area contributed by atoms with Crippen LogP contribution < -0.4 is 10.0 Å². The lowest BCUT2D eigenvalue weighted by molar-refractivity contribution is -0.122.